The van der Waals surface area contributed by atoms with Crippen molar-refractivity contribution in [1.29, 1.82) is 0 Å². The minimum absolute atomic E-state index is 0.267. The third-order valence-corrected chi connectivity index (χ3v) is 2.81. The van der Waals surface area contributed by atoms with Gasteiger partial charge in [0.25, 0.3) is 0 Å². The van der Waals surface area contributed by atoms with Crippen molar-refractivity contribution in [2.45, 2.75) is 11.6 Å². The number of nitrogens with zero attached hydrogens (tertiary/aromatic N) is 4. The monoisotopic (exact) mass is 243 g/mol. The average Bonchev–Trinajstić information content (AvgIpc) is 2.61. The predicted molar refractivity (Wildman–Crippen MR) is 62.2 cm³/mol. The zero-order chi connectivity index (χ0) is 10.8. The third kappa shape index (κ3) is 1.87. The van der Waals surface area contributed by atoms with Crippen molar-refractivity contribution in [3.05, 3.63) is 6.33 Å². The Morgan fingerprint density at radius 3 is 3.00 bits per heavy atom. The van der Waals surface area contributed by atoms with E-state index in [-0.39, 0.29) is 5.95 Å². The van der Waals surface area contributed by atoms with Gasteiger partial charge in [0, 0.05) is 12.4 Å². The molecule has 0 fully saturated rings. The number of anilines is 1. The van der Waals surface area contributed by atoms with Gasteiger partial charge in [-0.2, -0.15) is 4.98 Å². The van der Waals surface area contributed by atoms with E-state index in [1.807, 2.05) is 10.8 Å². The summed E-state index contributed by atoms with van der Waals surface area (Å²) in [6.07, 6.45) is 3.64. The second-order valence-corrected chi connectivity index (χ2v) is 4.06. The summed E-state index contributed by atoms with van der Waals surface area (Å²) < 4.78 is 1.88. The van der Waals surface area contributed by atoms with Crippen molar-refractivity contribution in [2.75, 3.05) is 17.9 Å². The quantitative estimate of drug-likeness (QED) is 0.501. The lowest BCUT2D eigenvalue weighted by Crippen LogP contribution is -2.02. The Morgan fingerprint density at radius 1 is 1.53 bits per heavy atom. The molecule has 80 valence electrons. The largest absolute Gasteiger partial charge is 0.368 e. The molecule has 0 unspecified atom stereocenters. The molecular formula is C8H10ClN5S. The molecule has 2 aromatic rings. The van der Waals surface area contributed by atoms with Crippen LogP contribution in [0.25, 0.3) is 11.2 Å². The molecule has 0 saturated carbocycles. The zero-order valence-corrected chi connectivity index (χ0v) is 9.72. The highest BCUT2D eigenvalue weighted by Gasteiger charge is 2.10. The van der Waals surface area contributed by atoms with E-state index in [0.29, 0.717) is 12.4 Å². The first-order chi connectivity index (χ1) is 7.26. The van der Waals surface area contributed by atoms with Crippen molar-refractivity contribution in [1.82, 2.24) is 19.5 Å². The van der Waals surface area contributed by atoms with E-state index in [4.69, 9.17) is 17.3 Å². The number of nitrogen functional groups attached to an aromatic ring is 1. The number of alkyl halides is 1. The molecule has 0 atom stereocenters. The van der Waals surface area contributed by atoms with Gasteiger partial charge in [0.2, 0.25) is 5.95 Å². The minimum atomic E-state index is 0.267. The molecule has 2 aromatic heterocycles. The van der Waals surface area contributed by atoms with Gasteiger partial charge in [-0.25, -0.2) is 9.97 Å². The molecule has 5 nitrogen and oxygen atoms in total. The van der Waals surface area contributed by atoms with Crippen molar-refractivity contribution >= 4 is 40.5 Å². The summed E-state index contributed by atoms with van der Waals surface area (Å²) in [5.74, 6) is 0.785. The van der Waals surface area contributed by atoms with Crippen LogP contribution < -0.4 is 5.73 Å². The van der Waals surface area contributed by atoms with Gasteiger partial charge in [0.15, 0.2) is 5.65 Å². The minimum Gasteiger partial charge on any atom is -0.368 e. The fraction of sp³-hybridized carbons (Fsp3) is 0.375. The molecule has 0 aliphatic carbocycles. The number of nitrogens with two attached hydrogens (primary N) is 1. The molecule has 7 heteroatoms. The number of aromatic nitrogens is 4. The second kappa shape index (κ2) is 4.24. The maximum Gasteiger partial charge on any atom is 0.223 e. The van der Waals surface area contributed by atoms with Gasteiger partial charge in [-0.05, 0) is 6.26 Å². The Kier molecular flexibility index (Phi) is 2.97. The topological polar surface area (TPSA) is 69.6 Å². The number of imidazole rings is 1. The second-order valence-electron chi connectivity index (χ2n) is 2.89. The highest BCUT2D eigenvalue weighted by molar-refractivity contribution is 7.98. The molecule has 0 aromatic carbocycles. The number of thioether (sulfide) groups is 1. The Morgan fingerprint density at radius 2 is 2.33 bits per heavy atom. The molecule has 15 heavy (non-hydrogen) atoms. The average molecular weight is 244 g/mol. The molecule has 0 aliphatic heterocycles. The number of halogens is 1. The van der Waals surface area contributed by atoms with Gasteiger partial charge in [-0.15, -0.1) is 23.4 Å². The fourth-order valence-corrected chi connectivity index (χ4v) is 2.04. The van der Waals surface area contributed by atoms with E-state index < -0.39 is 0 Å². The summed E-state index contributed by atoms with van der Waals surface area (Å²) in [7, 11) is 0. The molecule has 2 heterocycles. The summed E-state index contributed by atoms with van der Waals surface area (Å²) in [6.45, 7) is 0.669. The number of rotatable bonds is 3. The molecule has 0 saturated heterocycles. The summed E-state index contributed by atoms with van der Waals surface area (Å²) in [5, 5.41) is 0.797. The van der Waals surface area contributed by atoms with E-state index in [1.54, 1.807) is 6.33 Å². The lowest BCUT2D eigenvalue weighted by molar-refractivity contribution is 0.783. The normalized spacial score (nSPS) is 11.1. The Labute approximate surface area is 96.1 Å². The van der Waals surface area contributed by atoms with Gasteiger partial charge >= 0.3 is 0 Å². The van der Waals surface area contributed by atoms with E-state index in [0.717, 1.165) is 16.2 Å². The van der Waals surface area contributed by atoms with Crippen LogP contribution in [0.15, 0.2) is 11.4 Å². The standard InChI is InChI=1S/C8H10ClN5S/c1-15-7-5-6(12-8(10)13-7)14(3-2-9)4-11-5/h4H,2-3H2,1H3,(H2,10,12,13). The Bertz CT molecular complexity index is 483. The Hall–Kier alpha value is -1.01. The summed E-state index contributed by atoms with van der Waals surface area (Å²) in [5.41, 5.74) is 7.14. The predicted octanol–water partition coefficient (Wildman–Crippen LogP) is 1.37. The van der Waals surface area contributed by atoms with Gasteiger partial charge < -0.3 is 10.3 Å². The summed E-state index contributed by atoms with van der Waals surface area (Å²) in [4.78, 5) is 12.5. The van der Waals surface area contributed by atoms with Crippen LogP contribution in [0.5, 0.6) is 0 Å². The van der Waals surface area contributed by atoms with Crippen molar-refractivity contribution in [2.24, 2.45) is 0 Å². The van der Waals surface area contributed by atoms with Crippen LogP contribution in [0.4, 0.5) is 5.95 Å². The van der Waals surface area contributed by atoms with Crippen LogP contribution >= 0.6 is 23.4 Å². The van der Waals surface area contributed by atoms with Crippen molar-refractivity contribution in [3.8, 4) is 0 Å². The number of aryl methyl sites for hydroxylation is 1. The molecule has 0 amide bonds. The van der Waals surface area contributed by atoms with E-state index >= 15 is 0 Å². The maximum atomic E-state index is 5.68. The number of hydrogen-bond donors (Lipinski definition) is 1. The van der Waals surface area contributed by atoms with E-state index in [2.05, 4.69) is 15.0 Å². The lowest BCUT2D eigenvalue weighted by atomic mass is 10.5. The van der Waals surface area contributed by atoms with Gasteiger partial charge in [-0.3, -0.25) is 0 Å². The Balaban J connectivity index is 2.64. The van der Waals surface area contributed by atoms with Crippen LogP contribution in [-0.2, 0) is 6.54 Å². The molecule has 2 N–H and O–H groups in total. The smallest absolute Gasteiger partial charge is 0.223 e. The fourth-order valence-electron chi connectivity index (χ4n) is 1.33. The molecular weight excluding hydrogens is 234 g/mol. The lowest BCUT2D eigenvalue weighted by Gasteiger charge is -2.02. The van der Waals surface area contributed by atoms with Crippen LogP contribution in [0.2, 0.25) is 0 Å². The first-order valence-corrected chi connectivity index (χ1v) is 6.10. The highest BCUT2D eigenvalue weighted by atomic mass is 35.5. The van der Waals surface area contributed by atoms with Gasteiger partial charge in [0.05, 0.1) is 6.33 Å². The van der Waals surface area contributed by atoms with E-state index in [1.165, 1.54) is 11.8 Å². The number of hydrogen-bond acceptors (Lipinski definition) is 5. The molecule has 0 bridgehead atoms. The maximum absolute atomic E-state index is 5.68. The first-order valence-electron chi connectivity index (χ1n) is 4.34. The molecule has 0 radical (unpaired) electrons. The van der Waals surface area contributed by atoms with E-state index in [9.17, 15) is 0 Å². The van der Waals surface area contributed by atoms with Gasteiger partial charge in [0.1, 0.15) is 10.5 Å². The molecule has 2 rings (SSSR count). The van der Waals surface area contributed by atoms with Gasteiger partial charge in [-0.1, -0.05) is 0 Å². The highest BCUT2D eigenvalue weighted by Crippen LogP contribution is 2.22. The SMILES string of the molecule is CSc1nc(N)nc2c1ncn2CCCl. The van der Waals surface area contributed by atoms with Crippen LogP contribution in [0, 0.1) is 0 Å². The molecule has 0 aliphatic rings. The summed E-state index contributed by atoms with van der Waals surface area (Å²) >= 11 is 7.18. The molecule has 0 spiro atoms. The van der Waals surface area contributed by atoms with Crippen LogP contribution in [-0.4, -0.2) is 31.7 Å². The zero-order valence-electron chi connectivity index (χ0n) is 8.14. The van der Waals surface area contributed by atoms with Crippen LogP contribution in [0.1, 0.15) is 0 Å². The van der Waals surface area contributed by atoms with Crippen molar-refractivity contribution in [3.63, 3.8) is 0 Å². The number of fused-ring (bicyclic) bond motifs is 1. The van der Waals surface area contributed by atoms with Crippen molar-refractivity contribution < 1.29 is 0 Å². The summed E-state index contributed by atoms with van der Waals surface area (Å²) in [6, 6.07) is 0. The van der Waals surface area contributed by atoms with Crippen LogP contribution in [0.3, 0.4) is 0 Å². The third-order valence-electron chi connectivity index (χ3n) is 1.97. The first kappa shape index (κ1) is 10.5.